The number of nitrogens with one attached hydrogen (secondary N) is 1. The summed E-state index contributed by atoms with van der Waals surface area (Å²) in [6.07, 6.45) is -3.91. The summed E-state index contributed by atoms with van der Waals surface area (Å²) in [4.78, 5) is 24.6. The molecule has 7 heteroatoms. The fourth-order valence-electron chi connectivity index (χ4n) is 2.83. The number of ketones is 1. The van der Waals surface area contributed by atoms with Crippen LogP contribution < -0.4 is 10.1 Å². The average molecular weight is 329 g/mol. The van der Waals surface area contributed by atoms with E-state index in [4.69, 9.17) is 0 Å². The SMILES string of the molecule is Cc1cc(OC(F)(F)CF)cc(C)c1C1C(=O)NC(C)(C)C1=O. The molecule has 1 aliphatic rings. The number of ether oxygens (including phenoxy) is 1. The zero-order chi connectivity index (χ0) is 17.6. The Kier molecular flexibility index (Phi) is 4.17. The Morgan fingerprint density at radius 3 is 2.13 bits per heavy atom. The summed E-state index contributed by atoms with van der Waals surface area (Å²) < 4.78 is 42.6. The Morgan fingerprint density at radius 2 is 1.74 bits per heavy atom. The van der Waals surface area contributed by atoms with Gasteiger partial charge in [-0.15, -0.1) is 0 Å². The molecule has 0 spiro atoms. The fourth-order valence-corrected chi connectivity index (χ4v) is 2.83. The highest BCUT2D eigenvalue weighted by molar-refractivity contribution is 6.17. The Bertz CT molecular complexity index is 648. The van der Waals surface area contributed by atoms with Crippen LogP contribution in [0.2, 0.25) is 0 Å². The van der Waals surface area contributed by atoms with E-state index in [1.807, 2.05) is 0 Å². The fraction of sp³-hybridized carbons (Fsp3) is 0.500. The zero-order valence-electron chi connectivity index (χ0n) is 13.3. The maximum atomic E-state index is 13.0. The van der Waals surface area contributed by atoms with E-state index in [-0.39, 0.29) is 11.5 Å². The lowest BCUT2D eigenvalue weighted by Crippen LogP contribution is -2.39. The molecule has 1 unspecified atom stereocenters. The summed E-state index contributed by atoms with van der Waals surface area (Å²) in [5.74, 6) is -1.90. The number of alkyl halides is 3. The number of halogens is 3. The van der Waals surface area contributed by atoms with Gasteiger partial charge in [0.25, 0.3) is 0 Å². The predicted octanol–water partition coefficient (Wildman–Crippen LogP) is 2.81. The highest BCUT2D eigenvalue weighted by Crippen LogP contribution is 2.36. The number of Topliss-reactive ketones (excluding diaryl/α,β-unsaturated/α-hetero) is 1. The molecule has 1 fully saturated rings. The first kappa shape index (κ1) is 17.3. The molecule has 0 bridgehead atoms. The normalized spacial score (nSPS) is 20.6. The Balaban J connectivity index is 2.43. The van der Waals surface area contributed by atoms with Gasteiger partial charge in [0.2, 0.25) is 5.91 Å². The number of hydrogen-bond donors (Lipinski definition) is 1. The summed E-state index contributed by atoms with van der Waals surface area (Å²) >= 11 is 0. The molecule has 4 nitrogen and oxygen atoms in total. The van der Waals surface area contributed by atoms with Gasteiger partial charge in [-0.25, -0.2) is 4.39 Å². The summed E-state index contributed by atoms with van der Waals surface area (Å²) in [5, 5.41) is 2.62. The van der Waals surface area contributed by atoms with Crippen molar-refractivity contribution in [1.82, 2.24) is 5.32 Å². The molecule has 1 saturated heterocycles. The monoisotopic (exact) mass is 329 g/mol. The van der Waals surface area contributed by atoms with E-state index in [0.717, 1.165) is 0 Å². The number of hydrogen-bond acceptors (Lipinski definition) is 3. The van der Waals surface area contributed by atoms with E-state index in [1.54, 1.807) is 27.7 Å². The Morgan fingerprint density at radius 1 is 1.22 bits per heavy atom. The molecular formula is C16H18F3NO3. The van der Waals surface area contributed by atoms with Crippen molar-refractivity contribution in [2.75, 3.05) is 6.67 Å². The van der Waals surface area contributed by atoms with E-state index in [1.165, 1.54) is 12.1 Å². The zero-order valence-corrected chi connectivity index (χ0v) is 13.3. The van der Waals surface area contributed by atoms with Crippen molar-refractivity contribution in [3.63, 3.8) is 0 Å². The van der Waals surface area contributed by atoms with Crippen molar-refractivity contribution in [2.24, 2.45) is 0 Å². The lowest BCUT2D eigenvalue weighted by molar-refractivity contribution is -0.186. The highest BCUT2D eigenvalue weighted by Gasteiger charge is 2.48. The molecule has 0 aromatic heterocycles. The van der Waals surface area contributed by atoms with Crippen molar-refractivity contribution in [3.8, 4) is 5.75 Å². The molecule has 2 rings (SSSR count). The van der Waals surface area contributed by atoms with Crippen LogP contribution in [0.5, 0.6) is 5.75 Å². The topological polar surface area (TPSA) is 55.4 Å². The van der Waals surface area contributed by atoms with Crippen LogP contribution in [0, 0.1) is 13.8 Å². The van der Waals surface area contributed by atoms with Gasteiger partial charge in [-0.3, -0.25) is 9.59 Å². The number of rotatable bonds is 4. The minimum Gasteiger partial charge on any atom is -0.431 e. The first-order valence-corrected chi connectivity index (χ1v) is 7.09. The van der Waals surface area contributed by atoms with Crippen LogP contribution in [-0.2, 0) is 9.59 Å². The average Bonchev–Trinajstić information content (AvgIpc) is 2.59. The molecule has 1 aromatic carbocycles. The second kappa shape index (κ2) is 5.54. The molecule has 126 valence electrons. The number of benzene rings is 1. The van der Waals surface area contributed by atoms with Gasteiger partial charge >= 0.3 is 6.11 Å². The minimum atomic E-state index is -3.91. The summed E-state index contributed by atoms with van der Waals surface area (Å²) in [6, 6.07) is 2.55. The third-order valence-corrected chi connectivity index (χ3v) is 3.85. The van der Waals surface area contributed by atoms with E-state index in [0.29, 0.717) is 16.7 Å². The minimum absolute atomic E-state index is 0.212. The van der Waals surface area contributed by atoms with E-state index in [9.17, 15) is 22.8 Å². The molecule has 1 aromatic rings. The lowest BCUT2D eigenvalue weighted by atomic mass is 9.84. The first-order chi connectivity index (χ1) is 10.5. The van der Waals surface area contributed by atoms with Crippen molar-refractivity contribution in [3.05, 3.63) is 28.8 Å². The van der Waals surface area contributed by atoms with Gasteiger partial charge < -0.3 is 10.1 Å². The third-order valence-electron chi connectivity index (χ3n) is 3.85. The number of aryl methyl sites for hydroxylation is 2. The van der Waals surface area contributed by atoms with Crippen molar-refractivity contribution >= 4 is 11.7 Å². The Labute approximate surface area is 132 Å². The Hall–Kier alpha value is -2.05. The number of amides is 1. The van der Waals surface area contributed by atoms with E-state index >= 15 is 0 Å². The molecule has 0 aliphatic carbocycles. The van der Waals surface area contributed by atoms with Crippen LogP contribution in [-0.4, -0.2) is 30.0 Å². The van der Waals surface area contributed by atoms with Crippen molar-refractivity contribution in [2.45, 2.75) is 45.3 Å². The van der Waals surface area contributed by atoms with E-state index in [2.05, 4.69) is 10.1 Å². The molecule has 1 aliphatic heterocycles. The van der Waals surface area contributed by atoms with Crippen LogP contribution in [0.1, 0.15) is 36.5 Å². The first-order valence-electron chi connectivity index (χ1n) is 7.09. The van der Waals surface area contributed by atoms with Crippen molar-refractivity contribution < 1.29 is 27.5 Å². The molecule has 1 amide bonds. The summed E-state index contributed by atoms with van der Waals surface area (Å²) in [6.45, 7) is 4.46. The second-order valence-corrected chi connectivity index (χ2v) is 6.26. The van der Waals surface area contributed by atoms with Gasteiger partial charge in [0.15, 0.2) is 12.5 Å². The quantitative estimate of drug-likeness (QED) is 0.864. The summed E-state index contributed by atoms with van der Waals surface area (Å²) in [5.41, 5.74) is 0.410. The second-order valence-electron chi connectivity index (χ2n) is 6.26. The van der Waals surface area contributed by atoms with Crippen molar-refractivity contribution in [1.29, 1.82) is 0 Å². The van der Waals surface area contributed by atoms with Gasteiger partial charge in [0.05, 0.1) is 5.54 Å². The van der Waals surface area contributed by atoms with Gasteiger partial charge in [0.1, 0.15) is 11.7 Å². The molecule has 0 saturated carbocycles. The molecular weight excluding hydrogens is 311 g/mol. The van der Waals surface area contributed by atoms with Gasteiger partial charge in [-0.05, 0) is 56.5 Å². The predicted molar refractivity (Wildman–Crippen MR) is 77.4 cm³/mol. The molecule has 0 radical (unpaired) electrons. The number of carbonyl (C=O) groups excluding carboxylic acids is 2. The maximum Gasteiger partial charge on any atom is 0.427 e. The van der Waals surface area contributed by atoms with E-state index < -0.39 is 30.1 Å². The smallest absolute Gasteiger partial charge is 0.427 e. The third kappa shape index (κ3) is 3.18. The molecule has 1 heterocycles. The standard InChI is InChI=1S/C16H18F3NO3/c1-8-5-10(23-16(18,19)7-17)6-9(2)11(8)12-13(21)15(3,4)20-14(12)22/h5-6,12H,7H2,1-4H3,(H,20,22). The maximum absolute atomic E-state index is 13.0. The lowest BCUT2D eigenvalue weighted by Gasteiger charge is -2.19. The van der Waals surface area contributed by atoms with Crippen LogP contribution in [0.3, 0.4) is 0 Å². The van der Waals surface area contributed by atoms with Gasteiger partial charge in [-0.2, -0.15) is 8.78 Å². The van der Waals surface area contributed by atoms with Crippen LogP contribution in [0.25, 0.3) is 0 Å². The highest BCUT2D eigenvalue weighted by atomic mass is 19.3. The summed E-state index contributed by atoms with van der Waals surface area (Å²) in [7, 11) is 0. The molecule has 1 N–H and O–H groups in total. The molecule has 23 heavy (non-hydrogen) atoms. The van der Waals surface area contributed by atoms with Crippen LogP contribution in [0.15, 0.2) is 12.1 Å². The van der Waals surface area contributed by atoms with Gasteiger partial charge in [0, 0.05) is 0 Å². The van der Waals surface area contributed by atoms with Gasteiger partial charge in [-0.1, -0.05) is 0 Å². The van der Waals surface area contributed by atoms with Crippen LogP contribution in [0.4, 0.5) is 13.2 Å². The molecule has 1 atom stereocenters. The number of carbonyl (C=O) groups is 2. The van der Waals surface area contributed by atoms with Crippen LogP contribution >= 0.6 is 0 Å². The largest absolute Gasteiger partial charge is 0.431 e.